The van der Waals surface area contributed by atoms with Crippen molar-refractivity contribution in [3.63, 3.8) is 0 Å². The van der Waals surface area contributed by atoms with E-state index in [9.17, 15) is 20.6 Å². The van der Waals surface area contributed by atoms with Crippen LogP contribution in [0.3, 0.4) is 0 Å². The van der Waals surface area contributed by atoms with E-state index in [1.807, 2.05) is 6.07 Å². The van der Waals surface area contributed by atoms with Crippen LogP contribution in [0.15, 0.2) is 6.33 Å². The fraction of sp³-hybridized carbons (Fsp3) is 0.500. The summed E-state index contributed by atoms with van der Waals surface area (Å²) in [7, 11) is 0. The number of nitrogens with two attached hydrogens (primary N) is 1. The third kappa shape index (κ3) is 1.87. The van der Waals surface area contributed by atoms with E-state index in [0.717, 1.165) is 0 Å². The van der Waals surface area contributed by atoms with Crippen LogP contribution in [0.2, 0.25) is 0 Å². The number of hydrogen-bond acceptors (Lipinski definition) is 9. The summed E-state index contributed by atoms with van der Waals surface area (Å²) in [6.07, 6.45) is -0.822. The Balaban J connectivity index is 2.14. The Kier molecular flexibility index (Phi) is 3.13. The van der Waals surface area contributed by atoms with E-state index in [1.54, 1.807) is 0 Å². The monoisotopic (exact) mass is 306 g/mol. The molecule has 0 aromatic carbocycles. The Morgan fingerprint density at radius 2 is 2.27 bits per heavy atom. The summed E-state index contributed by atoms with van der Waals surface area (Å²) in [5, 5.41) is 38.7. The van der Waals surface area contributed by atoms with Crippen LogP contribution in [-0.4, -0.2) is 53.2 Å². The summed E-state index contributed by atoms with van der Waals surface area (Å²) in [4.78, 5) is 11.5. The van der Waals surface area contributed by atoms with Gasteiger partial charge in [0.1, 0.15) is 17.6 Å². The van der Waals surface area contributed by atoms with Gasteiger partial charge in [-0.15, -0.1) is 0 Å². The smallest absolute Gasteiger partial charge is 0.244 e. The predicted octanol–water partition coefficient (Wildman–Crippen LogP) is -1.11. The van der Waals surface area contributed by atoms with Crippen LogP contribution in [0.5, 0.6) is 5.88 Å². The summed E-state index contributed by atoms with van der Waals surface area (Å²) in [5.41, 5.74) is 4.49. The quantitative estimate of drug-likeness (QED) is 0.538. The molecular weight excluding hydrogens is 292 g/mol. The molecule has 1 aliphatic heterocycles. The molecule has 0 unspecified atom stereocenters. The second-order valence-electron chi connectivity index (χ2n) is 5.31. The second-order valence-corrected chi connectivity index (χ2v) is 5.31. The Bertz CT molecular complexity index is 771. The van der Waals surface area contributed by atoms with E-state index in [2.05, 4.69) is 15.0 Å². The first-order chi connectivity index (χ1) is 10.4. The minimum atomic E-state index is -1.29. The number of nitrogens with zero attached hydrogens (tertiary/aromatic N) is 5. The molecule has 2 aromatic heterocycles. The second kappa shape index (κ2) is 4.77. The van der Waals surface area contributed by atoms with E-state index in [4.69, 9.17) is 10.5 Å². The van der Waals surface area contributed by atoms with Crippen molar-refractivity contribution >= 4 is 17.1 Å². The number of nitrogen functional groups attached to an aromatic ring is 1. The zero-order chi connectivity index (χ0) is 16.1. The van der Waals surface area contributed by atoms with E-state index in [-0.39, 0.29) is 17.1 Å². The number of rotatable bonds is 2. The highest BCUT2D eigenvalue weighted by Gasteiger charge is 2.53. The van der Waals surface area contributed by atoms with Gasteiger partial charge in [-0.3, -0.25) is 4.57 Å². The van der Waals surface area contributed by atoms with Crippen LogP contribution >= 0.6 is 0 Å². The highest BCUT2D eigenvalue weighted by molar-refractivity contribution is 5.77. The lowest BCUT2D eigenvalue weighted by Gasteiger charge is -2.24. The molecule has 4 atom stereocenters. The molecular formula is C12H14N6O4. The molecule has 10 nitrogen and oxygen atoms in total. The number of ether oxygens (including phenoxy) is 1. The predicted molar refractivity (Wildman–Crippen MR) is 72.1 cm³/mol. The van der Waals surface area contributed by atoms with Crippen molar-refractivity contribution in [1.29, 1.82) is 5.26 Å². The summed E-state index contributed by atoms with van der Waals surface area (Å²) in [6.45, 7) is 1.04. The molecule has 22 heavy (non-hydrogen) atoms. The Labute approximate surface area is 124 Å². The summed E-state index contributed by atoms with van der Waals surface area (Å²) in [5.74, 6) is -1.50. The van der Waals surface area contributed by atoms with Crippen molar-refractivity contribution in [3.8, 4) is 11.9 Å². The molecule has 0 spiro atoms. The van der Waals surface area contributed by atoms with Gasteiger partial charge in [0, 0.05) is 0 Å². The third-order valence-electron chi connectivity index (χ3n) is 3.82. The Morgan fingerprint density at radius 3 is 2.91 bits per heavy atom. The first kappa shape index (κ1) is 14.5. The van der Waals surface area contributed by atoms with Crippen molar-refractivity contribution < 1.29 is 20.1 Å². The molecule has 0 saturated carbocycles. The number of fused-ring (bicyclic) bond motifs is 1. The number of aromatic nitrogens is 4. The van der Waals surface area contributed by atoms with Crippen LogP contribution in [0.1, 0.15) is 13.2 Å². The van der Waals surface area contributed by atoms with Crippen LogP contribution < -0.4 is 5.73 Å². The van der Waals surface area contributed by atoms with Gasteiger partial charge in [-0.05, 0) is 6.92 Å². The maximum atomic E-state index is 10.2. The normalized spacial score (nSPS) is 31.5. The Hall–Kier alpha value is -2.48. The standard InChI is InChI=1S/C12H14N6O4/c1-12(3-19)7(20)5(2-13)10(22-12)18-4-15-6-8(18)16-11(14)17-9(6)21/h4-5,7,10,19-20H,3H2,1H3,(H3,14,16,17,21)/t5-,7-,10+,12+/m0/s1. The largest absolute Gasteiger partial charge is 0.492 e. The lowest BCUT2D eigenvalue weighted by molar-refractivity contribution is -0.115. The van der Waals surface area contributed by atoms with Gasteiger partial charge in [0.15, 0.2) is 17.4 Å². The molecule has 10 heteroatoms. The molecule has 3 rings (SSSR count). The van der Waals surface area contributed by atoms with Gasteiger partial charge in [-0.25, -0.2) is 4.98 Å². The summed E-state index contributed by atoms with van der Waals surface area (Å²) < 4.78 is 7.04. The number of hydrogen-bond donors (Lipinski definition) is 4. The average Bonchev–Trinajstić information content (AvgIpc) is 3.00. The van der Waals surface area contributed by atoms with Crippen molar-refractivity contribution in [2.45, 2.75) is 24.9 Å². The fourth-order valence-corrected chi connectivity index (χ4v) is 2.55. The van der Waals surface area contributed by atoms with Crippen molar-refractivity contribution in [3.05, 3.63) is 6.33 Å². The first-order valence-corrected chi connectivity index (χ1v) is 6.46. The number of imidazole rings is 1. The topological polar surface area (TPSA) is 163 Å². The maximum absolute atomic E-state index is 10.2. The molecule has 3 heterocycles. The molecule has 1 saturated heterocycles. The van der Waals surface area contributed by atoms with Crippen molar-refractivity contribution in [1.82, 2.24) is 19.5 Å². The van der Waals surface area contributed by atoms with Gasteiger partial charge in [0.2, 0.25) is 11.8 Å². The molecule has 0 aliphatic carbocycles. The number of aromatic hydroxyl groups is 1. The molecule has 2 aromatic rings. The number of anilines is 1. The first-order valence-electron chi connectivity index (χ1n) is 6.46. The van der Waals surface area contributed by atoms with Gasteiger partial charge >= 0.3 is 0 Å². The highest BCUT2D eigenvalue weighted by Crippen LogP contribution is 2.42. The molecule has 1 fully saturated rings. The summed E-state index contributed by atoms with van der Waals surface area (Å²) in [6, 6.07) is 1.96. The van der Waals surface area contributed by atoms with Crippen LogP contribution in [-0.2, 0) is 4.74 Å². The number of aliphatic hydroxyl groups excluding tert-OH is 2. The van der Waals surface area contributed by atoms with Crippen molar-refractivity contribution in [2.75, 3.05) is 12.3 Å². The molecule has 0 radical (unpaired) electrons. The molecule has 116 valence electrons. The molecule has 0 bridgehead atoms. The molecule has 5 N–H and O–H groups in total. The lowest BCUT2D eigenvalue weighted by atomic mass is 9.92. The van der Waals surface area contributed by atoms with Gasteiger partial charge < -0.3 is 25.8 Å². The minimum Gasteiger partial charge on any atom is -0.492 e. The van der Waals surface area contributed by atoms with Crippen molar-refractivity contribution in [2.24, 2.45) is 5.92 Å². The highest BCUT2D eigenvalue weighted by atomic mass is 16.6. The van der Waals surface area contributed by atoms with Gasteiger partial charge in [-0.1, -0.05) is 0 Å². The lowest BCUT2D eigenvalue weighted by Crippen LogP contribution is -2.41. The van der Waals surface area contributed by atoms with E-state index < -0.39 is 36.3 Å². The minimum absolute atomic E-state index is 0.0987. The van der Waals surface area contributed by atoms with Crippen LogP contribution in [0.25, 0.3) is 11.2 Å². The number of aliphatic hydroxyl groups is 2. The molecule has 0 amide bonds. The van der Waals surface area contributed by atoms with Gasteiger partial charge in [0.05, 0.1) is 19.0 Å². The van der Waals surface area contributed by atoms with Gasteiger partial charge in [0.25, 0.3) is 0 Å². The molecule has 1 aliphatic rings. The average molecular weight is 306 g/mol. The van der Waals surface area contributed by atoms with E-state index in [0.29, 0.717) is 0 Å². The Morgan fingerprint density at radius 1 is 1.55 bits per heavy atom. The SMILES string of the molecule is C[C@]1(CO)O[C@@H](n2cnc3c(O)nc(N)nc32)[C@@H](C#N)[C@@H]1O. The van der Waals surface area contributed by atoms with E-state index >= 15 is 0 Å². The number of nitriles is 1. The zero-order valence-electron chi connectivity index (χ0n) is 11.6. The van der Waals surface area contributed by atoms with Gasteiger partial charge in [-0.2, -0.15) is 15.2 Å². The third-order valence-corrected chi connectivity index (χ3v) is 3.82. The van der Waals surface area contributed by atoms with Crippen LogP contribution in [0.4, 0.5) is 5.95 Å². The van der Waals surface area contributed by atoms with E-state index in [1.165, 1.54) is 17.8 Å². The van der Waals surface area contributed by atoms with Crippen LogP contribution in [0, 0.1) is 17.2 Å². The zero-order valence-corrected chi connectivity index (χ0v) is 11.6. The fourth-order valence-electron chi connectivity index (χ4n) is 2.55. The maximum Gasteiger partial charge on any atom is 0.244 e. The summed E-state index contributed by atoms with van der Waals surface area (Å²) >= 11 is 0.